The second kappa shape index (κ2) is 6.56. The van der Waals surface area contributed by atoms with Crippen LogP contribution in [0.1, 0.15) is 40.2 Å². The number of benzene rings is 1. The summed E-state index contributed by atoms with van der Waals surface area (Å²) in [4.78, 5) is 0. The highest BCUT2D eigenvalue weighted by Crippen LogP contribution is 2.35. The molecule has 0 fully saturated rings. The summed E-state index contributed by atoms with van der Waals surface area (Å²) in [5.41, 5.74) is 7.51. The van der Waals surface area contributed by atoms with E-state index in [-0.39, 0.29) is 6.04 Å². The van der Waals surface area contributed by atoms with Crippen molar-refractivity contribution in [3.05, 3.63) is 18.2 Å². The summed E-state index contributed by atoms with van der Waals surface area (Å²) < 4.78 is 7.50. The highest BCUT2D eigenvalue weighted by molar-refractivity contribution is 5.77. The van der Waals surface area contributed by atoms with Gasteiger partial charge in [-0.3, -0.25) is 0 Å². The molecule has 0 saturated carbocycles. The molecule has 114 valence electrons. The van der Waals surface area contributed by atoms with Crippen LogP contribution >= 0.6 is 0 Å². The first kappa shape index (κ1) is 15.3. The quantitative estimate of drug-likeness (QED) is 0.827. The third-order valence-electron chi connectivity index (χ3n) is 3.30. The fourth-order valence-corrected chi connectivity index (χ4v) is 2.50. The van der Waals surface area contributed by atoms with Crippen molar-refractivity contribution in [1.82, 2.24) is 20.2 Å². The molecule has 1 heterocycles. The van der Waals surface area contributed by atoms with Gasteiger partial charge in [0.2, 0.25) is 0 Å². The number of tetrazole rings is 1. The van der Waals surface area contributed by atoms with Gasteiger partial charge < -0.3 is 10.5 Å². The Kier molecular flexibility index (Phi) is 4.77. The zero-order valence-electron chi connectivity index (χ0n) is 13.1. The summed E-state index contributed by atoms with van der Waals surface area (Å²) in [5, 5.41) is 12.1. The lowest BCUT2D eigenvalue weighted by atomic mass is 10.0. The van der Waals surface area contributed by atoms with Crippen LogP contribution in [0.25, 0.3) is 11.4 Å². The maximum Gasteiger partial charge on any atom is 0.188 e. The van der Waals surface area contributed by atoms with E-state index in [1.165, 1.54) is 0 Å². The van der Waals surface area contributed by atoms with Crippen LogP contribution in [0, 0.1) is 5.92 Å². The number of ether oxygens (including phenoxy) is 1. The number of nitrogen functional groups attached to an aromatic ring is 1. The summed E-state index contributed by atoms with van der Waals surface area (Å²) in [6.45, 7) is 8.99. The molecule has 0 spiro atoms. The number of hydrogen-bond acceptors (Lipinski definition) is 5. The van der Waals surface area contributed by atoms with Crippen LogP contribution in [-0.4, -0.2) is 26.8 Å². The maximum absolute atomic E-state index is 6.12. The molecule has 6 nitrogen and oxygen atoms in total. The highest BCUT2D eigenvalue weighted by Gasteiger charge is 2.20. The molecule has 0 aliphatic rings. The third-order valence-corrected chi connectivity index (χ3v) is 3.30. The van der Waals surface area contributed by atoms with Crippen molar-refractivity contribution in [2.75, 3.05) is 12.3 Å². The van der Waals surface area contributed by atoms with Gasteiger partial charge in [-0.15, -0.1) is 5.10 Å². The summed E-state index contributed by atoms with van der Waals surface area (Å²) in [6, 6.07) is 5.80. The summed E-state index contributed by atoms with van der Waals surface area (Å²) in [6.07, 6.45) is 0.995. The largest absolute Gasteiger partial charge is 0.493 e. The van der Waals surface area contributed by atoms with E-state index in [1.54, 1.807) is 0 Å². The molecule has 1 atom stereocenters. The van der Waals surface area contributed by atoms with E-state index < -0.39 is 0 Å². The van der Waals surface area contributed by atoms with Crippen molar-refractivity contribution in [3.63, 3.8) is 0 Å². The van der Waals surface area contributed by atoms with E-state index in [0.717, 1.165) is 12.0 Å². The van der Waals surface area contributed by atoms with E-state index in [0.29, 0.717) is 29.8 Å². The van der Waals surface area contributed by atoms with Crippen molar-refractivity contribution in [3.8, 4) is 17.1 Å². The summed E-state index contributed by atoms with van der Waals surface area (Å²) in [5.74, 6) is 1.94. The van der Waals surface area contributed by atoms with Gasteiger partial charge in [0.25, 0.3) is 0 Å². The molecule has 0 aliphatic carbocycles. The lowest BCUT2D eigenvalue weighted by molar-refractivity contribution is 0.340. The number of nitrogens with zero attached hydrogens (tertiary/aromatic N) is 4. The Morgan fingerprint density at radius 3 is 2.71 bits per heavy atom. The predicted octanol–water partition coefficient (Wildman–Crippen LogP) is 2.93. The van der Waals surface area contributed by atoms with Gasteiger partial charge >= 0.3 is 0 Å². The van der Waals surface area contributed by atoms with E-state index in [9.17, 15) is 0 Å². The van der Waals surface area contributed by atoms with Crippen LogP contribution in [0.3, 0.4) is 0 Å². The van der Waals surface area contributed by atoms with Crippen molar-refractivity contribution in [2.45, 2.75) is 40.2 Å². The fraction of sp³-hybridized carbons (Fsp3) is 0.533. The molecule has 1 aromatic carbocycles. The molecule has 21 heavy (non-hydrogen) atoms. The Morgan fingerprint density at radius 2 is 2.05 bits per heavy atom. The standard InChI is InChI=1S/C15H23N5O/c1-5-21-13-8-6-7-12(16)14(13)15-17-18-19-20(15)11(4)9-10(2)3/h6-8,10-11H,5,9,16H2,1-4H3. The van der Waals surface area contributed by atoms with E-state index in [4.69, 9.17) is 10.5 Å². The molecule has 0 amide bonds. The first-order valence-electron chi connectivity index (χ1n) is 7.34. The summed E-state index contributed by atoms with van der Waals surface area (Å²) in [7, 11) is 0. The average Bonchev–Trinajstić information content (AvgIpc) is 2.87. The van der Waals surface area contributed by atoms with Crippen molar-refractivity contribution in [1.29, 1.82) is 0 Å². The normalized spacial score (nSPS) is 12.6. The van der Waals surface area contributed by atoms with E-state index in [1.807, 2.05) is 29.8 Å². The minimum Gasteiger partial charge on any atom is -0.493 e. The lowest BCUT2D eigenvalue weighted by Crippen LogP contribution is -2.12. The number of anilines is 1. The molecule has 1 unspecified atom stereocenters. The third kappa shape index (κ3) is 3.32. The number of nitrogens with two attached hydrogens (primary N) is 1. The summed E-state index contributed by atoms with van der Waals surface area (Å²) >= 11 is 0. The molecule has 0 bridgehead atoms. The topological polar surface area (TPSA) is 78.8 Å². The first-order chi connectivity index (χ1) is 10.0. The van der Waals surface area contributed by atoms with E-state index in [2.05, 4.69) is 36.3 Å². The minimum atomic E-state index is 0.198. The van der Waals surface area contributed by atoms with Gasteiger partial charge in [-0.05, 0) is 48.7 Å². The molecule has 0 radical (unpaired) electrons. The highest BCUT2D eigenvalue weighted by atomic mass is 16.5. The second-order valence-electron chi connectivity index (χ2n) is 5.58. The Balaban J connectivity index is 2.46. The number of rotatable bonds is 6. The first-order valence-corrected chi connectivity index (χ1v) is 7.34. The van der Waals surface area contributed by atoms with Crippen LogP contribution in [-0.2, 0) is 0 Å². The number of hydrogen-bond donors (Lipinski definition) is 1. The van der Waals surface area contributed by atoms with Gasteiger partial charge in [0, 0.05) is 5.69 Å². The minimum absolute atomic E-state index is 0.198. The second-order valence-corrected chi connectivity index (χ2v) is 5.58. The van der Waals surface area contributed by atoms with Crippen molar-refractivity contribution in [2.24, 2.45) is 5.92 Å². The predicted molar refractivity (Wildman–Crippen MR) is 83.0 cm³/mol. The molecule has 1 aromatic heterocycles. The van der Waals surface area contributed by atoms with Crippen LogP contribution in [0.15, 0.2) is 18.2 Å². The van der Waals surface area contributed by atoms with Gasteiger partial charge in [0.1, 0.15) is 5.75 Å². The molecule has 0 saturated heterocycles. The van der Waals surface area contributed by atoms with E-state index >= 15 is 0 Å². The SMILES string of the molecule is CCOc1cccc(N)c1-c1nnnn1C(C)CC(C)C. The molecule has 2 aromatic rings. The lowest BCUT2D eigenvalue weighted by Gasteiger charge is -2.17. The van der Waals surface area contributed by atoms with Crippen molar-refractivity contribution < 1.29 is 4.74 Å². The van der Waals surface area contributed by atoms with Crippen LogP contribution < -0.4 is 10.5 Å². The molecule has 2 rings (SSSR count). The molecule has 6 heteroatoms. The Hall–Kier alpha value is -2.11. The van der Waals surface area contributed by atoms with Crippen LogP contribution in [0.5, 0.6) is 5.75 Å². The van der Waals surface area contributed by atoms with Gasteiger partial charge in [-0.2, -0.15) is 0 Å². The fourth-order valence-electron chi connectivity index (χ4n) is 2.50. The molecule has 0 aliphatic heterocycles. The monoisotopic (exact) mass is 289 g/mol. The average molecular weight is 289 g/mol. The van der Waals surface area contributed by atoms with Gasteiger partial charge in [-0.1, -0.05) is 19.9 Å². The maximum atomic E-state index is 6.12. The van der Waals surface area contributed by atoms with Gasteiger partial charge in [0.15, 0.2) is 5.82 Å². The van der Waals surface area contributed by atoms with Gasteiger partial charge in [-0.25, -0.2) is 4.68 Å². The Morgan fingerprint density at radius 1 is 1.29 bits per heavy atom. The van der Waals surface area contributed by atoms with Gasteiger partial charge in [0.05, 0.1) is 18.2 Å². The number of aromatic nitrogens is 4. The molecule has 2 N–H and O–H groups in total. The van der Waals surface area contributed by atoms with Crippen LogP contribution in [0.4, 0.5) is 5.69 Å². The molecular weight excluding hydrogens is 266 g/mol. The van der Waals surface area contributed by atoms with Crippen LogP contribution in [0.2, 0.25) is 0 Å². The Labute approximate surface area is 125 Å². The molecular formula is C15H23N5O. The zero-order valence-corrected chi connectivity index (χ0v) is 13.1. The smallest absolute Gasteiger partial charge is 0.188 e. The zero-order chi connectivity index (χ0) is 15.4. The van der Waals surface area contributed by atoms with Crippen molar-refractivity contribution >= 4 is 5.69 Å². The Bertz CT molecular complexity index is 593.